The Morgan fingerprint density at radius 3 is 1.90 bits per heavy atom. The number of amides is 1. The average Bonchev–Trinajstić information content (AvgIpc) is 1.60. The van der Waals surface area contributed by atoms with Crippen molar-refractivity contribution in [3.8, 4) is 0 Å². The monoisotopic (exact) mass is 171 g/mol. The maximum atomic E-state index is 11.4. The molecule has 0 aromatic carbocycles. The highest BCUT2D eigenvalue weighted by molar-refractivity contribution is 6.56. The van der Waals surface area contributed by atoms with Crippen LogP contribution in [0.25, 0.3) is 0 Å². The van der Waals surface area contributed by atoms with Gasteiger partial charge in [-0.25, -0.2) is 0 Å². The first-order valence-electron chi connectivity index (χ1n) is 2.71. The highest BCUT2D eigenvalue weighted by atomic mass is 28.3. The quantitative estimate of drug-likeness (QED) is 0.576. The fraction of sp³-hybridized carbons (Fsp3) is 0.750. The molecule has 1 N–H and O–H groups in total. The first kappa shape index (κ1) is 9.48. The third-order valence-electron chi connectivity index (χ3n) is 0.677. The van der Waals surface area contributed by atoms with Gasteiger partial charge in [-0.3, -0.25) is 4.79 Å². The molecule has 0 atom stereocenters. The Kier molecular flexibility index (Phi) is 2.88. The summed E-state index contributed by atoms with van der Waals surface area (Å²) in [6.45, 7) is 3.20. The highest BCUT2D eigenvalue weighted by Crippen LogP contribution is 2.13. The molecule has 0 aliphatic carbocycles. The molecule has 6 heteroatoms. The predicted molar refractivity (Wildman–Crippen MR) is 33.1 cm³/mol. The van der Waals surface area contributed by atoms with E-state index < -0.39 is 21.0 Å². The molecule has 0 heterocycles. The van der Waals surface area contributed by atoms with E-state index in [1.807, 2.05) is 4.98 Å². The minimum absolute atomic E-state index is 1.60. The number of hydrogen-bond donors (Lipinski definition) is 1. The van der Waals surface area contributed by atoms with E-state index >= 15 is 0 Å². The Labute approximate surface area is 58.1 Å². The molecule has 0 aromatic heterocycles. The smallest absolute Gasteiger partial charge is 0.377 e. The molecule has 0 saturated heterocycles. The average molecular weight is 171 g/mol. The van der Waals surface area contributed by atoms with Gasteiger partial charge in [-0.15, -0.1) is 0 Å². The summed E-state index contributed by atoms with van der Waals surface area (Å²) in [6.07, 6.45) is -4.72. The number of alkyl halides is 3. The minimum Gasteiger partial charge on any atom is -0.377 e. The highest BCUT2D eigenvalue weighted by Gasteiger charge is 2.38. The number of nitrogens with one attached hydrogen (secondary N) is 1. The van der Waals surface area contributed by atoms with Gasteiger partial charge < -0.3 is 4.98 Å². The van der Waals surface area contributed by atoms with Crippen LogP contribution in [0.2, 0.25) is 13.1 Å². The van der Waals surface area contributed by atoms with Crippen molar-refractivity contribution in [1.82, 2.24) is 4.98 Å². The summed E-state index contributed by atoms with van der Waals surface area (Å²) in [4.78, 5) is 11.9. The normalized spacial score (nSPS) is 11.8. The molecule has 0 fully saturated rings. The second-order valence-electron chi connectivity index (χ2n) is 2.13. The first-order chi connectivity index (χ1) is 4.34. The zero-order chi connectivity index (χ0) is 8.36. The molecule has 0 saturated carbocycles. The van der Waals surface area contributed by atoms with Gasteiger partial charge in [0.05, 0.1) is 0 Å². The standard InChI is InChI=1S/C4H8F3NOSi/c1-10(2)8-3(9)4(5,6)7/h10H,1-2H3,(H,8,9). The Bertz CT molecular complexity index is 133. The predicted octanol–water partition coefficient (Wildman–Crippen LogP) is 0.648. The Morgan fingerprint density at radius 1 is 1.40 bits per heavy atom. The van der Waals surface area contributed by atoms with Crippen LogP contribution in [0, 0.1) is 0 Å². The van der Waals surface area contributed by atoms with E-state index in [0.29, 0.717) is 0 Å². The van der Waals surface area contributed by atoms with Crippen LogP contribution in [-0.4, -0.2) is 21.0 Å². The van der Waals surface area contributed by atoms with Crippen molar-refractivity contribution < 1.29 is 18.0 Å². The SMILES string of the molecule is C[SiH](C)NC(=O)C(F)(F)F. The molecule has 0 aliphatic rings. The van der Waals surface area contributed by atoms with Crippen molar-refractivity contribution in [1.29, 1.82) is 0 Å². The van der Waals surface area contributed by atoms with Crippen LogP contribution < -0.4 is 4.98 Å². The number of hydrogen-bond acceptors (Lipinski definition) is 1. The summed E-state index contributed by atoms with van der Waals surface area (Å²) in [5.41, 5.74) is 0. The lowest BCUT2D eigenvalue weighted by atomic mass is 10.6. The van der Waals surface area contributed by atoms with E-state index in [0.717, 1.165) is 0 Å². The summed E-state index contributed by atoms with van der Waals surface area (Å²) >= 11 is 0. The number of rotatable bonds is 1. The molecular weight excluding hydrogens is 163 g/mol. The second kappa shape index (κ2) is 3.04. The van der Waals surface area contributed by atoms with Gasteiger partial charge in [-0.2, -0.15) is 13.2 Å². The minimum atomic E-state index is -4.72. The molecule has 1 amide bonds. The Hall–Kier alpha value is -0.523. The molecule has 2 nitrogen and oxygen atoms in total. The molecule has 0 spiro atoms. The lowest BCUT2D eigenvalue weighted by Crippen LogP contribution is -2.42. The second-order valence-corrected chi connectivity index (χ2v) is 4.72. The van der Waals surface area contributed by atoms with Crippen molar-refractivity contribution in [3.05, 3.63) is 0 Å². The van der Waals surface area contributed by atoms with Crippen LogP contribution in [0.5, 0.6) is 0 Å². The van der Waals surface area contributed by atoms with Crippen LogP contribution in [0.3, 0.4) is 0 Å². The van der Waals surface area contributed by atoms with E-state index in [-0.39, 0.29) is 0 Å². The number of carbonyl (C=O) groups is 1. The van der Waals surface area contributed by atoms with Gasteiger partial charge in [0.25, 0.3) is 0 Å². The summed E-state index contributed by atoms with van der Waals surface area (Å²) in [6, 6.07) is 0. The fourth-order valence-corrected chi connectivity index (χ4v) is 1.03. The molecule has 0 rings (SSSR count). The van der Waals surface area contributed by atoms with Gasteiger partial charge in [0.1, 0.15) is 8.96 Å². The van der Waals surface area contributed by atoms with Crippen LogP contribution in [0.4, 0.5) is 13.2 Å². The largest absolute Gasteiger partial charge is 0.470 e. The van der Waals surface area contributed by atoms with Crippen LogP contribution >= 0.6 is 0 Å². The molecule has 0 aromatic rings. The first-order valence-corrected chi connectivity index (χ1v) is 5.60. The summed E-state index contributed by atoms with van der Waals surface area (Å²) in [7, 11) is -1.65. The van der Waals surface area contributed by atoms with E-state index in [1.54, 1.807) is 13.1 Å². The van der Waals surface area contributed by atoms with E-state index in [1.165, 1.54) is 0 Å². The van der Waals surface area contributed by atoms with Gasteiger partial charge in [0, 0.05) is 0 Å². The summed E-state index contributed by atoms with van der Waals surface area (Å²) in [5.74, 6) is -1.82. The van der Waals surface area contributed by atoms with Crippen molar-refractivity contribution >= 4 is 14.9 Å². The van der Waals surface area contributed by atoms with E-state index in [4.69, 9.17) is 0 Å². The molecular formula is C4H8F3NOSi. The maximum Gasteiger partial charge on any atom is 0.470 e. The summed E-state index contributed by atoms with van der Waals surface area (Å²) in [5, 5.41) is 0. The van der Waals surface area contributed by atoms with E-state index in [2.05, 4.69) is 0 Å². The Balaban J connectivity index is 3.87. The number of carbonyl (C=O) groups excluding carboxylic acids is 1. The van der Waals surface area contributed by atoms with Crippen molar-refractivity contribution in [3.63, 3.8) is 0 Å². The lowest BCUT2D eigenvalue weighted by Gasteiger charge is -2.08. The third-order valence-corrected chi connectivity index (χ3v) is 1.52. The zero-order valence-corrected chi connectivity index (χ0v) is 6.77. The zero-order valence-electron chi connectivity index (χ0n) is 5.62. The van der Waals surface area contributed by atoms with Crippen molar-refractivity contribution in [2.45, 2.75) is 19.3 Å². The van der Waals surface area contributed by atoms with Crippen molar-refractivity contribution in [2.75, 3.05) is 0 Å². The topological polar surface area (TPSA) is 29.1 Å². The molecule has 0 aliphatic heterocycles. The molecule has 0 bridgehead atoms. The molecule has 10 heavy (non-hydrogen) atoms. The molecule has 0 unspecified atom stereocenters. The van der Waals surface area contributed by atoms with Gasteiger partial charge >= 0.3 is 12.1 Å². The third kappa shape index (κ3) is 3.49. The Morgan fingerprint density at radius 2 is 1.80 bits per heavy atom. The van der Waals surface area contributed by atoms with Crippen LogP contribution in [0.1, 0.15) is 0 Å². The maximum absolute atomic E-state index is 11.4. The fourth-order valence-electron chi connectivity index (χ4n) is 0.344. The van der Waals surface area contributed by atoms with Crippen molar-refractivity contribution in [2.24, 2.45) is 0 Å². The lowest BCUT2D eigenvalue weighted by molar-refractivity contribution is -0.171. The van der Waals surface area contributed by atoms with Gasteiger partial charge in [0.2, 0.25) is 0 Å². The number of halogens is 3. The van der Waals surface area contributed by atoms with Gasteiger partial charge in [-0.05, 0) is 0 Å². The molecule has 60 valence electrons. The van der Waals surface area contributed by atoms with Gasteiger partial charge in [0.15, 0.2) is 0 Å². The van der Waals surface area contributed by atoms with Crippen LogP contribution in [0.15, 0.2) is 0 Å². The van der Waals surface area contributed by atoms with Crippen LogP contribution in [-0.2, 0) is 4.79 Å². The molecule has 0 radical (unpaired) electrons. The summed E-state index contributed by atoms with van der Waals surface area (Å²) < 4.78 is 34.3. The van der Waals surface area contributed by atoms with Gasteiger partial charge in [-0.1, -0.05) is 13.1 Å². The van der Waals surface area contributed by atoms with E-state index in [9.17, 15) is 18.0 Å².